The predicted molar refractivity (Wildman–Crippen MR) is 97.6 cm³/mol. The van der Waals surface area contributed by atoms with Crippen LogP contribution in [0.2, 0.25) is 0 Å². The topological polar surface area (TPSA) is 66.9 Å². The first-order valence-electron chi connectivity index (χ1n) is 9.41. The van der Waals surface area contributed by atoms with Crippen LogP contribution in [0.4, 0.5) is 5.69 Å². The summed E-state index contributed by atoms with van der Waals surface area (Å²) >= 11 is 0. The summed E-state index contributed by atoms with van der Waals surface area (Å²) in [5, 5.41) is 0. The zero-order chi connectivity index (χ0) is 18.7. The van der Waals surface area contributed by atoms with E-state index in [1.54, 1.807) is 6.92 Å². The Bertz CT molecular complexity index is 678. The maximum Gasteiger partial charge on any atom is 0.309 e. The molecule has 0 N–H and O–H groups in total. The monoisotopic (exact) mass is 358 g/mol. The molecule has 0 saturated carbocycles. The minimum absolute atomic E-state index is 0.101. The standard InChI is InChI=1S/C20H26N2O4/c1-3-14-5-7-16(8-6-14)22-18(23)13-17(19(22)24)21-11-9-15(10-12-21)20(25)26-4-2/h5-8,15,17H,3-4,9-13H2,1-2H3/t17-/m0/s1. The molecule has 0 aliphatic carbocycles. The van der Waals surface area contributed by atoms with Gasteiger partial charge in [0.25, 0.3) is 5.91 Å². The maximum absolute atomic E-state index is 12.9. The number of hydrogen-bond acceptors (Lipinski definition) is 5. The molecule has 0 spiro atoms. The summed E-state index contributed by atoms with van der Waals surface area (Å²) in [6.07, 6.45) is 2.46. The summed E-state index contributed by atoms with van der Waals surface area (Å²) in [5.74, 6) is -0.569. The van der Waals surface area contributed by atoms with Crippen molar-refractivity contribution < 1.29 is 19.1 Å². The SMILES string of the molecule is CCOC(=O)C1CCN([C@H]2CC(=O)N(c3ccc(CC)cc3)C2=O)CC1. The molecular weight excluding hydrogens is 332 g/mol. The number of rotatable bonds is 5. The summed E-state index contributed by atoms with van der Waals surface area (Å²) in [5.41, 5.74) is 1.81. The molecule has 1 aromatic rings. The van der Waals surface area contributed by atoms with Crippen LogP contribution in [0.15, 0.2) is 24.3 Å². The van der Waals surface area contributed by atoms with Gasteiger partial charge in [0.15, 0.2) is 0 Å². The minimum Gasteiger partial charge on any atom is -0.466 e. The number of carbonyl (C=O) groups is 3. The highest BCUT2D eigenvalue weighted by atomic mass is 16.5. The van der Waals surface area contributed by atoms with Crippen molar-refractivity contribution in [2.75, 3.05) is 24.6 Å². The molecule has 6 heteroatoms. The molecule has 0 radical (unpaired) electrons. The molecule has 2 amide bonds. The van der Waals surface area contributed by atoms with E-state index in [1.165, 1.54) is 10.5 Å². The molecule has 2 heterocycles. The molecule has 2 fully saturated rings. The van der Waals surface area contributed by atoms with E-state index < -0.39 is 6.04 Å². The number of imide groups is 1. The van der Waals surface area contributed by atoms with Gasteiger partial charge < -0.3 is 4.74 Å². The number of likely N-dealkylation sites (tertiary alicyclic amines) is 1. The van der Waals surface area contributed by atoms with E-state index in [2.05, 4.69) is 6.92 Å². The van der Waals surface area contributed by atoms with Crippen LogP contribution in [-0.2, 0) is 25.5 Å². The van der Waals surface area contributed by atoms with Crippen LogP contribution in [0.3, 0.4) is 0 Å². The summed E-state index contributed by atoms with van der Waals surface area (Å²) in [4.78, 5) is 40.5. The Balaban J connectivity index is 1.65. The van der Waals surface area contributed by atoms with Gasteiger partial charge >= 0.3 is 5.97 Å². The third-order valence-electron chi connectivity index (χ3n) is 5.32. The minimum atomic E-state index is -0.420. The second-order valence-corrected chi connectivity index (χ2v) is 6.87. The highest BCUT2D eigenvalue weighted by Crippen LogP contribution is 2.29. The van der Waals surface area contributed by atoms with Crippen LogP contribution >= 0.6 is 0 Å². The van der Waals surface area contributed by atoms with Gasteiger partial charge in [-0.25, -0.2) is 4.90 Å². The van der Waals surface area contributed by atoms with Crippen molar-refractivity contribution in [3.05, 3.63) is 29.8 Å². The van der Waals surface area contributed by atoms with E-state index in [9.17, 15) is 14.4 Å². The Morgan fingerprint density at radius 1 is 1.12 bits per heavy atom. The molecule has 26 heavy (non-hydrogen) atoms. The molecule has 1 aromatic carbocycles. The van der Waals surface area contributed by atoms with Crippen molar-refractivity contribution in [1.82, 2.24) is 4.90 Å². The van der Waals surface area contributed by atoms with Gasteiger partial charge in [-0.1, -0.05) is 19.1 Å². The first-order valence-corrected chi connectivity index (χ1v) is 9.41. The van der Waals surface area contributed by atoms with Crippen molar-refractivity contribution in [1.29, 1.82) is 0 Å². The number of amides is 2. The molecule has 2 aliphatic heterocycles. The van der Waals surface area contributed by atoms with Gasteiger partial charge in [-0.05, 0) is 57.0 Å². The van der Waals surface area contributed by atoms with E-state index >= 15 is 0 Å². The van der Waals surface area contributed by atoms with Gasteiger partial charge in [0.1, 0.15) is 0 Å². The average molecular weight is 358 g/mol. The number of hydrogen-bond donors (Lipinski definition) is 0. The van der Waals surface area contributed by atoms with Crippen molar-refractivity contribution in [3.63, 3.8) is 0 Å². The quantitative estimate of drug-likeness (QED) is 0.596. The number of ether oxygens (including phenoxy) is 1. The molecule has 2 saturated heterocycles. The molecule has 3 rings (SSSR count). The Kier molecular flexibility index (Phi) is 5.71. The number of carbonyl (C=O) groups excluding carboxylic acids is 3. The highest BCUT2D eigenvalue weighted by molar-refractivity contribution is 6.22. The van der Waals surface area contributed by atoms with Gasteiger partial charge in [-0.3, -0.25) is 19.3 Å². The Morgan fingerprint density at radius 2 is 1.77 bits per heavy atom. The van der Waals surface area contributed by atoms with Gasteiger partial charge in [-0.2, -0.15) is 0 Å². The first-order chi connectivity index (χ1) is 12.5. The Morgan fingerprint density at radius 3 is 2.35 bits per heavy atom. The Hall–Kier alpha value is -2.21. The third-order valence-corrected chi connectivity index (χ3v) is 5.32. The van der Waals surface area contributed by atoms with Crippen molar-refractivity contribution in [3.8, 4) is 0 Å². The maximum atomic E-state index is 12.9. The molecule has 0 unspecified atom stereocenters. The molecule has 2 aliphatic rings. The van der Waals surface area contributed by atoms with Gasteiger partial charge in [-0.15, -0.1) is 0 Å². The second kappa shape index (κ2) is 7.99. The van der Waals surface area contributed by atoms with E-state index in [1.807, 2.05) is 29.2 Å². The van der Waals surface area contributed by atoms with Crippen LogP contribution in [-0.4, -0.2) is 48.4 Å². The fourth-order valence-corrected chi connectivity index (χ4v) is 3.76. The van der Waals surface area contributed by atoms with Gasteiger partial charge in [0.2, 0.25) is 5.91 Å². The lowest BCUT2D eigenvalue weighted by Crippen LogP contribution is -2.47. The highest BCUT2D eigenvalue weighted by Gasteiger charge is 2.43. The molecule has 140 valence electrons. The van der Waals surface area contributed by atoms with Crippen LogP contribution in [0.25, 0.3) is 0 Å². The number of aryl methyl sites for hydroxylation is 1. The lowest BCUT2D eigenvalue weighted by atomic mass is 9.95. The third kappa shape index (κ3) is 3.65. The number of nitrogens with zero attached hydrogens (tertiary/aromatic N) is 2. The first kappa shape index (κ1) is 18.6. The van der Waals surface area contributed by atoms with Gasteiger partial charge in [0.05, 0.1) is 30.7 Å². The van der Waals surface area contributed by atoms with Crippen LogP contribution < -0.4 is 4.90 Å². The molecule has 0 aromatic heterocycles. The van der Waals surface area contributed by atoms with Crippen molar-refractivity contribution >= 4 is 23.5 Å². The van der Waals surface area contributed by atoms with E-state index in [4.69, 9.17) is 4.74 Å². The molecule has 0 bridgehead atoms. The van der Waals surface area contributed by atoms with Crippen LogP contribution in [0.1, 0.15) is 38.7 Å². The van der Waals surface area contributed by atoms with E-state index in [0.29, 0.717) is 38.2 Å². The molecular formula is C20H26N2O4. The lowest BCUT2D eigenvalue weighted by Gasteiger charge is -2.33. The number of piperidine rings is 1. The van der Waals surface area contributed by atoms with Crippen molar-refractivity contribution in [2.24, 2.45) is 5.92 Å². The summed E-state index contributed by atoms with van der Waals surface area (Å²) < 4.78 is 5.09. The fourth-order valence-electron chi connectivity index (χ4n) is 3.76. The van der Waals surface area contributed by atoms with E-state index in [-0.39, 0.29) is 30.1 Å². The summed E-state index contributed by atoms with van der Waals surface area (Å²) in [6.45, 7) is 5.53. The van der Waals surface area contributed by atoms with Crippen molar-refractivity contribution in [2.45, 2.75) is 45.6 Å². The summed E-state index contributed by atoms with van der Waals surface area (Å²) in [6, 6.07) is 7.16. The Labute approximate surface area is 154 Å². The lowest BCUT2D eigenvalue weighted by molar-refractivity contribution is -0.149. The second-order valence-electron chi connectivity index (χ2n) is 6.87. The van der Waals surface area contributed by atoms with Gasteiger partial charge in [0, 0.05) is 0 Å². The normalized spacial score (nSPS) is 22.1. The summed E-state index contributed by atoms with van der Waals surface area (Å²) in [7, 11) is 0. The number of esters is 1. The zero-order valence-electron chi connectivity index (χ0n) is 15.4. The number of anilines is 1. The van der Waals surface area contributed by atoms with E-state index in [0.717, 1.165) is 6.42 Å². The predicted octanol–water partition coefficient (Wildman–Crippen LogP) is 2.16. The van der Waals surface area contributed by atoms with Crippen LogP contribution in [0.5, 0.6) is 0 Å². The fraction of sp³-hybridized carbons (Fsp3) is 0.550. The molecule has 6 nitrogen and oxygen atoms in total. The molecule has 1 atom stereocenters. The average Bonchev–Trinajstić information content (AvgIpc) is 2.96. The smallest absolute Gasteiger partial charge is 0.309 e. The van der Waals surface area contributed by atoms with Crippen LogP contribution in [0, 0.1) is 5.92 Å². The number of benzene rings is 1. The zero-order valence-corrected chi connectivity index (χ0v) is 15.4. The largest absolute Gasteiger partial charge is 0.466 e.